The first kappa shape index (κ1) is 16.7. The molecule has 0 saturated carbocycles. The van der Waals surface area contributed by atoms with Crippen LogP contribution in [-0.2, 0) is 4.79 Å². The lowest BCUT2D eigenvalue weighted by Gasteiger charge is -2.10. The third kappa shape index (κ3) is 5.21. The number of hydrogen-bond donors (Lipinski definition) is 0. The van der Waals surface area contributed by atoms with Gasteiger partial charge in [0.25, 0.3) is 0 Å². The zero-order valence-electron chi connectivity index (χ0n) is 13.3. The van der Waals surface area contributed by atoms with Crippen LogP contribution < -0.4 is 18.9 Å². The van der Waals surface area contributed by atoms with Crippen LogP contribution in [0.4, 0.5) is 0 Å². The fourth-order valence-corrected chi connectivity index (χ4v) is 1.86. The molecule has 2 aromatic carbocycles. The normalized spacial score (nSPS) is 10.0. The van der Waals surface area contributed by atoms with Gasteiger partial charge in [-0.25, -0.2) is 4.79 Å². The SMILES string of the molecule is CCCOc1ccc(OC(=O)COc2ccccc2OC)cc1. The summed E-state index contributed by atoms with van der Waals surface area (Å²) in [6.45, 7) is 2.50. The van der Waals surface area contributed by atoms with Crippen molar-refractivity contribution in [1.82, 2.24) is 0 Å². The van der Waals surface area contributed by atoms with Gasteiger partial charge in [-0.05, 0) is 42.8 Å². The first-order chi connectivity index (χ1) is 11.2. The van der Waals surface area contributed by atoms with Gasteiger partial charge in [0.2, 0.25) is 0 Å². The molecule has 2 aromatic rings. The maximum absolute atomic E-state index is 11.8. The summed E-state index contributed by atoms with van der Waals surface area (Å²) < 4.78 is 21.2. The monoisotopic (exact) mass is 316 g/mol. The Morgan fingerprint density at radius 2 is 1.57 bits per heavy atom. The molecule has 0 N–H and O–H groups in total. The Morgan fingerprint density at radius 3 is 2.22 bits per heavy atom. The molecule has 0 spiro atoms. The number of methoxy groups -OCH3 is 1. The molecule has 0 heterocycles. The van der Waals surface area contributed by atoms with Gasteiger partial charge < -0.3 is 18.9 Å². The standard InChI is InChI=1S/C18H20O5/c1-3-12-21-14-8-10-15(11-9-14)23-18(19)13-22-17-7-5-4-6-16(17)20-2/h4-11H,3,12-13H2,1-2H3. The average Bonchev–Trinajstić information content (AvgIpc) is 2.59. The van der Waals surface area contributed by atoms with Gasteiger partial charge >= 0.3 is 5.97 Å². The highest BCUT2D eigenvalue weighted by molar-refractivity contribution is 5.74. The number of carbonyl (C=O) groups is 1. The molecule has 0 aromatic heterocycles. The van der Waals surface area contributed by atoms with Crippen LogP contribution in [0.3, 0.4) is 0 Å². The molecule has 5 nitrogen and oxygen atoms in total. The molecule has 23 heavy (non-hydrogen) atoms. The summed E-state index contributed by atoms with van der Waals surface area (Å²) in [5.74, 6) is 1.77. The summed E-state index contributed by atoms with van der Waals surface area (Å²) in [6, 6.07) is 14.0. The van der Waals surface area contributed by atoms with E-state index in [-0.39, 0.29) is 6.61 Å². The first-order valence-corrected chi connectivity index (χ1v) is 7.42. The number of carbonyl (C=O) groups excluding carboxylic acids is 1. The van der Waals surface area contributed by atoms with Gasteiger partial charge in [-0.1, -0.05) is 19.1 Å². The van der Waals surface area contributed by atoms with Crippen LogP contribution in [0.5, 0.6) is 23.0 Å². The lowest BCUT2D eigenvalue weighted by molar-refractivity contribution is -0.136. The Balaban J connectivity index is 1.84. The lowest BCUT2D eigenvalue weighted by Crippen LogP contribution is -2.17. The number of para-hydroxylation sites is 2. The summed E-state index contributed by atoms with van der Waals surface area (Å²) in [5, 5.41) is 0. The third-order valence-electron chi connectivity index (χ3n) is 2.94. The summed E-state index contributed by atoms with van der Waals surface area (Å²) in [6.07, 6.45) is 0.941. The van der Waals surface area contributed by atoms with Crippen LogP contribution in [0.2, 0.25) is 0 Å². The molecule has 0 aliphatic heterocycles. The van der Waals surface area contributed by atoms with E-state index < -0.39 is 5.97 Å². The quantitative estimate of drug-likeness (QED) is 0.551. The summed E-state index contributed by atoms with van der Waals surface area (Å²) in [7, 11) is 1.54. The van der Waals surface area contributed by atoms with Crippen LogP contribution in [0.1, 0.15) is 13.3 Å². The maximum atomic E-state index is 11.8. The molecule has 5 heteroatoms. The Hall–Kier alpha value is -2.69. The lowest BCUT2D eigenvalue weighted by atomic mass is 10.3. The van der Waals surface area contributed by atoms with Crippen molar-refractivity contribution in [3.63, 3.8) is 0 Å². The van der Waals surface area contributed by atoms with Crippen molar-refractivity contribution in [3.05, 3.63) is 48.5 Å². The third-order valence-corrected chi connectivity index (χ3v) is 2.94. The van der Waals surface area contributed by atoms with Crippen LogP contribution in [-0.4, -0.2) is 26.3 Å². The zero-order chi connectivity index (χ0) is 16.5. The minimum Gasteiger partial charge on any atom is -0.494 e. The minimum atomic E-state index is -0.488. The second kappa shape index (κ2) is 8.68. The van der Waals surface area contributed by atoms with Crippen LogP contribution in [0, 0.1) is 0 Å². The highest BCUT2D eigenvalue weighted by Crippen LogP contribution is 2.25. The average molecular weight is 316 g/mol. The van der Waals surface area contributed by atoms with Crippen molar-refractivity contribution in [2.24, 2.45) is 0 Å². The topological polar surface area (TPSA) is 54.0 Å². The number of benzene rings is 2. The van der Waals surface area contributed by atoms with Crippen molar-refractivity contribution >= 4 is 5.97 Å². The number of esters is 1. The fraction of sp³-hybridized carbons (Fsp3) is 0.278. The van der Waals surface area contributed by atoms with Crippen molar-refractivity contribution in [2.75, 3.05) is 20.3 Å². The molecule has 122 valence electrons. The minimum absolute atomic E-state index is 0.200. The Labute approximate surface area is 135 Å². The number of ether oxygens (including phenoxy) is 4. The summed E-state index contributed by atoms with van der Waals surface area (Å²) >= 11 is 0. The summed E-state index contributed by atoms with van der Waals surface area (Å²) in [4.78, 5) is 11.8. The van der Waals surface area contributed by atoms with Crippen LogP contribution in [0.15, 0.2) is 48.5 Å². The summed E-state index contributed by atoms with van der Waals surface area (Å²) in [5.41, 5.74) is 0. The molecule has 0 aliphatic carbocycles. The molecule has 0 saturated heterocycles. The van der Waals surface area contributed by atoms with E-state index in [9.17, 15) is 4.79 Å². The molecule has 0 unspecified atom stereocenters. The Kier molecular flexibility index (Phi) is 6.29. The number of hydrogen-bond acceptors (Lipinski definition) is 5. The van der Waals surface area contributed by atoms with Crippen LogP contribution in [0.25, 0.3) is 0 Å². The van der Waals surface area contributed by atoms with Gasteiger partial charge in [0.15, 0.2) is 18.1 Å². The van der Waals surface area contributed by atoms with E-state index in [0.717, 1.165) is 12.2 Å². The largest absolute Gasteiger partial charge is 0.494 e. The second-order valence-corrected chi connectivity index (χ2v) is 4.73. The van der Waals surface area contributed by atoms with Gasteiger partial charge in [0.05, 0.1) is 13.7 Å². The molecule has 0 bridgehead atoms. The van der Waals surface area contributed by atoms with E-state index in [1.54, 1.807) is 49.6 Å². The zero-order valence-corrected chi connectivity index (χ0v) is 13.3. The van der Waals surface area contributed by atoms with E-state index in [1.807, 2.05) is 13.0 Å². The number of rotatable bonds is 8. The van der Waals surface area contributed by atoms with Gasteiger partial charge in [-0.2, -0.15) is 0 Å². The van der Waals surface area contributed by atoms with Crippen molar-refractivity contribution in [1.29, 1.82) is 0 Å². The van der Waals surface area contributed by atoms with E-state index >= 15 is 0 Å². The molecule has 0 aliphatic rings. The van der Waals surface area contributed by atoms with Crippen molar-refractivity contribution < 1.29 is 23.7 Å². The van der Waals surface area contributed by atoms with Gasteiger partial charge in [0, 0.05) is 0 Å². The predicted octanol–water partition coefficient (Wildman–Crippen LogP) is 3.47. The fourth-order valence-electron chi connectivity index (χ4n) is 1.86. The van der Waals surface area contributed by atoms with Crippen molar-refractivity contribution in [3.8, 4) is 23.0 Å². The van der Waals surface area contributed by atoms with Gasteiger partial charge in [0.1, 0.15) is 11.5 Å². The molecular weight excluding hydrogens is 296 g/mol. The van der Waals surface area contributed by atoms with Crippen LogP contribution >= 0.6 is 0 Å². The highest BCUT2D eigenvalue weighted by atomic mass is 16.6. The predicted molar refractivity (Wildman–Crippen MR) is 86.4 cm³/mol. The second-order valence-electron chi connectivity index (χ2n) is 4.73. The molecule has 0 amide bonds. The Bertz CT molecular complexity index is 622. The first-order valence-electron chi connectivity index (χ1n) is 7.42. The van der Waals surface area contributed by atoms with Crippen molar-refractivity contribution in [2.45, 2.75) is 13.3 Å². The molecular formula is C18H20O5. The van der Waals surface area contributed by atoms with E-state index in [2.05, 4.69) is 0 Å². The molecule has 0 radical (unpaired) electrons. The molecule has 0 atom stereocenters. The maximum Gasteiger partial charge on any atom is 0.349 e. The molecule has 0 fully saturated rings. The van der Waals surface area contributed by atoms with Gasteiger partial charge in [-0.15, -0.1) is 0 Å². The van der Waals surface area contributed by atoms with Gasteiger partial charge in [-0.3, -0.25) is 0 Å². The van der Waals surface area contributed by atoms with E-state index in [1.165, 1.54) is 0 Å². The highest BCUT2D eigenvalue weighted by Gasteiger charge is 2.09. The molecule has 2 rings (SSSR count). The van der Waals surface area contributed by atoms with E-state index in [4.69, 9.17) is 18.9 Å². The smallest absolute Gasteiger partial charge is 0.349 e. The van der Waals surface area contributed by atoms with E-state index in [0.29, 0.717) is 23.9 Å². The Morgan fingerprint density at radius 1 is 0.913 bits per heavy atom.